The van der Waals surface area contributed by atoms with Crippen molar-refractivity contribution in [1.82, 2.24) is 5.01 Å². The predicted molar refractivity (Wildman–Crippen MR) is 143 cm³/mol. The highest BCUT2D eigenvalue weighted by Gasteiger charge is 2.39. The van der Waals surface area contributed by atoms with Crippen molar-refractivity contribution in [2.75, 3.05) is 12.4 Å². The summed E-state index contributed by atoms with van der Waals surface area (Å²) in [7, 11) is 1.62. The first kappa shape index (κ1) is 24.7. The highest BCUT2D eigenvalue weighted by atomic mass is 32.2. The number of ether oxygens (including phenoxy) is 1. The Labute approximate surface area is 218 Å². The molecular formula is C28H25FN4O3S. The van der Waals surface area contributed by atoms with E-state index in [-0.39, 0.29) is 18.2 Å². The maximum Gasteiger partial charge on any atom is 0.262 e. The Hall–Kier alpha value is -3.98. The van der Waals surface area contributed by atoms with Crippen LogP contribution in [-0.4, -0.2) is 40.1 Å². The van der Waals surface area contributed by atoms with Gasteiger partial charge in [-0.25, -0.2) is 9.40 Å². The lowest BCUT2D eigenvalue weighted by molar-refractivity contribution is -0.121. The number of amidine groups is 1. The Morgan fingerprint density at radius 2 is 1.84 bits per heavy atom. The van der Waals surface area contributed by atoms with E-state index >= 15 is 0 Å². The molecule has 3 aromatic rings. The normalized spacial score (nSPS) is 19.0. The summed E-state index contributed by atoms with van der Waals surface area (Å²) in [6.45, 7) is 2.03. The van der Waals surface area contributed by atoms with Crippen molar-refractivity contribution in [3.63, 3.8) is 0 Å². The van der Waals surface area contributed by atoms with Gasteiger partial charge in [0.05, 0.1) is 24.6 Å². The molecule has 2 aliphatic heterocycles. The molecule has 0 radical (unpaired) electrons. The quantitative estimate of drug-likeness (QED) is 0.480. The number of nitrogens with zero attached hydrogens (tertiary/aromatic N) is 3. The number of nitrogens with one attached hydrogen (secondary N) is 1. The Morgan fingerprint density at radius 3 is 2.54 bits per heavy atom. The predicted octanol–water partition coefficient (Wildman–Crippen LogP) is 5.32. The smallest absolute Gasteiger partial charge is 0.262 e. The van der Waals surface area contributed by atoms with E-state index in [0.717, 1.165) is 28.2 Å². The van der Waals surface area contributed by atoms with Crippen molar-refractivity contribution in [2.45, 2.75) is 31.1 Å². The Balaban J connectivity index is 1.36. The molecule has 2 heterocycles. The molecule has 1 N–H and O–H groups in total. The fourth-order valence-electron chi connectivity index (χ4n) is 4.23. The maximum atomic E-state index is 13.9. The molecule has 188 valence electrons. The number of anilines is 1. The molecule has 0 aliphatic carbocycles. The van der Waals surface area contributed by atoms with E-state index in [2.05, 4.69) is 22.4 Å². The van der Waals surface area contributed by atoms with Crippen LogP contribution in [0.1, 0.15) is 35.6 Å². The van der Waals surface area contributed by atoms with Crippen molar-refractivity contribution in [1.29, 1.82) is 0 Å². The standard InChI is InChI=1S/C28H25FN4O3S/c1-17-7-9-19(10-8-17)24-15-23(18-11-13-20(36-2)14-12-18)32-33(24)28-31-27(35)25(37-28)16-26(34)30-22-6-4-3-5-21(22)29/h3-14,24-25H,15-16H2,1-2H3,(H,30,34)/t24-,25-/m0/s1. The summed E-state index contributed by atoms with van der Waals surface area (Å²) in [4.78, 5) is 29.6. The van der Waals surface area contributed by atoms with E-state index in [1.807, 2.05) is 43.3 Å². The van der Waals surface area contributed by atoms with Crippen LogP contribution >= 0.6 is 11.8 Å². The average molecular weight is 517 g/mol. The first-order chi connectivity index (χ1) is 17.9. The van der Waals surface area contributed by atoms with E-state index in [0.29, 0.717) is 11.6 Å². The van der Waals surface area contributed by atoms with Crippen molar-refractivity contribution >= 4 is 40.1 Å². The topological polar surface area (TPSA) is 83.4 Å². The van der Waals surface area contributed by atoms with Crippen molar-refractivity contribution in [2.24, 2.45) is 10.1 Å². The SMILES string of the molecule is COc1ccc(C2=NN(C3=NC(=O)[C@H](CC(=O)Nc4ccccc4F)S3)[C@H](c3ccc(C)cc3)C2)cc1. The summed E-state index contributed by atoms with van der Waals surface area (Å²) in [5, 5.41) is 8.92. The summed E-state index contributed by atoms with van der Waals surface area (Å²) < 4.78 is 19.2. The largest absolute Gasteiger partial charge is 0.497 e. The summed E-state index contributed by atoms with van der Waals surface area (Å²) >= 11 is 1.21. The van der Waals surface area contributed by atoms with Gasteiger partial charge in [-0.3, -0.25) is 9.59 Å². The number of methoxy groups -OCH3 is 1. The number of hydrogen-bond acceptors (Lipinski definition) is 6. The number of aliphatic imine (C=N–C) groups is 1. The minimum atomic E-state index is -0.708. The third-order valence-electron chi connectivity index (χ3n) is 6.24. The number of carbonyl (C=O) groups excluding carboxylic acids is 2. The molecule has 0 unspecified atom stereocenters. The van der Waals surface area contributed by atoms with Crippen LogP contribution in [0.3, 0.4) is 0 Å². The van der Waals surface area contributed by atoms with Gasteiger partial charge >= 0.3 is 0 Å². The van der Waals surface area contributed by atoms with Crippen molar-refractivity contribution in [3.05, 3.63) is 95.3 Å². The number of rotatable bonds is 6. The van der Waals surface area contributed by atoms with E-state index in [1.54, 1.807) is 24.3 Å². The summed E-state index contributed by atoms with van der Waals surface area (Å²) in [5.41, 5.74) is 4.10. The number of thioether (sulfide) groups is 1. The molecule has 0 spiro atoms. The molecule has 0 saturated heterocycles. The van der Waals surface area contributed by atoms with Crippen molar-refractivity contribution < 1.29 is 18.7 Å². The second-order valence-corrected chi connectivity index (χ2v) is 9.99. The Bertz CT molecular complexity index is 1390. The minimum Gasteiger partial charge on any atom is -0.497 e. The summed E-state index contributed by atoms with van der Waals surface area (Å²) in [6.07, 6.45) is 0.504. The molecule has 37 heavy (non-hydrogen) atoms. The van der Waals surface area contributed by atoms with Gasteiger partial charge in [0, 0.05) is 12.8 Å². The van der Waals surface area contributed by atoms with Crippen LogP contribution < -0.4 is 10.1 Å². The molecule has 0 bridgehead atoms. The van der Waals surface area contributed by atoms with Crippen LogP contribution in [0.15, 0.2) is 82.9 Å². The van der Waals surface area contributed by atoms with Gasteiger partial charge in [-0.1, -0.05) is 53.7 Å². The monoisotopic (exact) mass is 516 g/mol. The van der Waals surface area contributed by atoms with Gasteiger partial charge in [-0.2, -0.15) is 10.1 Å². The van der Waals surface area contributed by atoms with Crippen LogP contribution in [0.5, 0.6) is 5.75 Å². The third-order valence-corrected chi connectivity index (χ3v) is 7.38. The van der Waals surface area contributed by atoms with E-state index in [9.17, 15) is 14.0 Å². The zero-order valence-corrected chi connectivity index (χ0v) is 21.2. The van der Waals surface area contributed by atoms with E-state index in [1.165, 1.54) is 23.9 Å². The molecule has 3 aromatic carbocycles. The third kappa shape index (κ3) is 5.41. The first-order valence-corrected chi connectivity index (χ1v) is 12.7. The molecule has 2 atom stereocenters. The number of hydrogen-bond donors (Lipinski definition) is 1. The molecule has 7 nitrogen and oxygen atoms in total. The lowest BCUT2D eigenvalue weighted by atomic mass is 9.98. The van der Waals surface area contributed by atoms with Crippen LogP contribution in [-0.2, 0) is 9.59 Å². The highest BCUT2D eigenvalue weighted by Crippen LogP contribution is 2.39. The molecule has 5 rings (SSSR count). The lowest BCUT2D eigenvalue weighted by Crippen LogP contribution is -2.25. The zero-order chi connectivity index (χ0) is 25.9. The van der Waals surface area contributed by atoms with Crippen LogP contribution in [0.4, 0.5) is 10.1 Å². The first-order valence-electron chi connectivity index (χ1n) is 11.8. The van der Waals surface area contributed by atoms with Gasteiger partial charge in [0.15, 0.2) is 5.17 Å². The maximum absolute atomic E-state index is 13.9. The summed E-state index contributed by atoms with van der Waals surface area (Å²) in [6, 6.07) is 21.7. The Kier molecular flexibility index (Phi) is 7.05. The molecule has 0 saturated carbocycles. The zero-order valence-electron chi connectivity index (χ0n) is 20.3. The number of para-hydroxylation sites is 1. The average Bonchev–Trinajstić information content (AvgIpc) is 3.50. The van der Waals surface area contributed by atoms with Gasteiger partial charge in [-0.15, -0.1) is 0 Å². The Morgan fingerprint density at radius 1 is 1.11 bits per heavy atom. The molecule has 9 heteroatoms. The highest BCUT2D eigenvalue weighted by molar-refractivity contribution is 8.15. The lowest BCUT2D eigenvalue weighted by Gasteiger charge is -2.23. The summed E-state index contributed by atoms with van der Waals surface area (Å²) in [5.74, 6) is -0.630. The fraction of sp³-hybridized carbons (Fsp3) is 0.214. The minimum absolute atomic E-state index is 0.0804. The van der Waals surface area contributed by atoms with Gasteiger partial charge in [0.1, 0.15) is 16.8 Å². The molecule has 2 aliphatic rings. The molecule has 0 fully saturated rings. The number of benzene rings is 3. The fourth-order valence-corrected chi connectivity index (χ4v) is 5.29. The van der Waals surface area contributed by atoms with Crippen molar-refractivity contribution in [3.8, 4) is 5.75 Å². The molecular weight excluding hydrogens is 491 g/mol. The second-order valence-electron chi connectivity index (χ2n) is 8.82. The number of carbonyl (C=O) groups is 2. The van der Waals surface area contributed by atoms with Crippen LogP contribution in [0.2, 0.25) is 0 Å². The van der Waals surface area contributed by atoms with Crippen LogP contribution in [0, 0.1) is 12.7 Å². The van der Waals surface area contributed by atoms with E-state index in [4.69, 9.17) is 9.84 Å². The molecule has 0 aromatic heterocycles. The molecule has 2 amide bonds. The van der Waals surface area contributed by atoms with Gasteiger partial charge in [0.25, 0.3) is 5.91 Å². The number of halogens is 1. The number of aryl methyl sites for hydroxylation is 1. The van der Waals surface area contributed by atoms with Gasteiger partial charge in [0.2, 0.25) is 5.91 Å². The number of amides is 2. The van der Waals surface area contributed by atoms with Crippen LogP contribution in [0.25, 0.3) is 0 Å². The van der Waals surface area contributed by atoms with Gasteiger partial charge < -0.3 is 10.1 Å². The van der Waals surface area contributed by atoms with E-state index < -0.39 is 22.9 Å². The van der Waals surface area contributed by atoms with Gasteiger partial charge in [-0.05, 0) is 54.4 Å². The number of hydrazone groups is 1. The second kappa shape index (κ2) is 10.6.